The highest BCUT2D eigenvalue weighted by molar-refractivity contribution is 5.94. The summed E-state index contributed by atoms with van der Waals surface area (Å²) in [6.45, 7) is 2.17. The van der Waals surface area contributed by atoms with Gasteiger partial charge in [0.15, 0.2) is 0 Å². The summed E-state index contributed by atoms with van der Waals surface area (Å²) >= 11 is 0. The summed E-state index contributed by atoms with van der Waals surface area (Å²) < 4.78 is 10.3. The fourth-order valence-corrected chi connectivity index (χ4v) is 1.59. The molecule has 0 aliphatic rings. The molecule has 0 aliphatic heterocycles. The minimum Gasteiger partial charge on any atom is -0.497 e. The van der Waals surface area contributed by atoms with E-state index in [9.17, 15) is 4.79 Å². The van der Waals surface area contributed by atoms with E-state index in [1.165, 1.54) is 0 Å². The zero-order valence-corrected chi connectivity index (χ0v) is 10.8. The van der Waals surface area contributed by atoms with E-state index in [-0.39, 0.29) is 5.91 Å². The quantitative estimate of drug-likeness (QED) is 0.879. The molecule has 6 heteroatoms. The van der Waals surface area contributed by atoms with E-state index in [2.05, 4.69) is 15.5 Å². The van der Waals surface area contributed by atoms with Crippen LogP contribution < -0.4 is 10.1 Å². The Morgan fingerprint density at radius 1 is 1.42 bits per heavy atom. The van der Waals surface area contributed by atoms with Crippen molar-refractivity contribution in [3.8, 4) is 5.75 Å². The first kappa shape index (κ1) is 13.1. The molecular formula is C13H15N3O3. The number of aryl methyl sites for hydroxylation is 1. The van der Waals surface area contributed by atoms with Crippen LogP contribution in [0.4, 0.5) is 0 Å². The van der Waals surface area contributed by atoms with Crippen molar-refractivity contribution in [1.29, 1.82) is 0 Å². The Balaban J connectivity index is 1.87. The van der Waals surface area contributed by atoms with Gasteiger partial charge in [0.25, 0.3) is 5.91 Å². The van der Waals surface area contributed by atoms with Gasteiger partial charge in [0, 0.05) is 25.5 Å². The summed E-state index contributed by atoms with van der Waals surface area (Å²) in [4.78, 5) is 11.9. The van der Waals surface area contributed by atoms with Gasteiger partial charge < -0.3 is 14.5 Å². The van der Waals surface area contributed by atoms with Crippen molar-refractivity contribution >= 4 is 5.91 Å². The molecule has 1 aromatic carbocycles. The summed E-state index contributed by atoms with van der Waals surface area (Å²) in [7, 11) is 1.56. The number of benzene rings is 1. The number of nitrogens with one attached hydrogen (secondary N) is 1. The van der Waals surface area contributed by atoms with E-state index in [4.69, 9.17) is 9.15 Å². The molecule has 0 radical (unpaired) electrons. The molecule has 0 unspecified atom stereocenters. The highest BCUT2D eigenvalue weighted by Gasteiger charge is 2.07. The molecule has 0 fully saturated rings. The van der Waals surface area contributed by atoms with Gasteiger partial charge >= 0.3 is 0 Å². The number of hydrogen-bond acceptors (Lipinski definition) is 5. The van der Waals surface area contributed by atoms with Crippen molar-refractivity contribution in [3.05, 3.63) is 41.6 Å². The van der Waals surface area contributed by atoms with E-state index in [0.29, 0.717) is 36.1 Å². The van der Waals surface area contributed by atoms with Crippen LogP contribution in [0.2, 0.25) is 0 Å². The molecule has 1 heterocycles. The number of hydrogen-bond donors (Lipinski definition) is 1. The molecule has 0 spiro atoms. The van der Waals surface area contributed by atoms with Gasteiger partial charge in [-0.05, 0) is 18.2 Å². The summed E-state index contributed by atoms with van der Waals surface area (Å²) in [5, 5.41) is 10.4. The maximum Gasteiger partial charge on any atom is 0.251 e. The van der Waals surface area contributed by atoms with Gasteiger partial charge in [0.1, 0.15) is 5.75 Å². The van der Waals surface area contributed by atoms with Gasteiger partial charge in [-0.15, -0.1) is 10.2 Å². The van der Waals surface area contributed by atoms with Crippen LogP contribution in [0, 0.1) is 6.92 Å². The lowest BCUT2D eigenvalue weighted by Gasteiger charge is -2.05. The molecule has 0 bridgehead atoms. The monoisotopic (exact) mass is 261 g/mol. The van der Waals surface area contributed by atoms with E-state index in [1.54, 1.807) is 38.3 Å². The number of nitrogens with zero attached hydrogens (tertiary/aromatic N) is 2. The number of ether oxygens (including phenoxy) is 1. The molecule has 1 N–H and O–H groups in total. The molecule has 0 saturated heterocycles. The number of carbonyl (C=O) groups is 1. The zero-order chi connectivity index (χ0) is 13.7. The molecule has 2 rings (SSSR count). The largest absolute Gasteiger partial charge is 0.497 e. The van der Waals surface area contributed by atoms with Crippen LogP contribution in [0.15, 0.2) is 28.7 Å². The van der Waals surface area contributed by atoms with Crippen molar-refractivity contribution in [2.75, 3.05) is 13.7 Å². The van der Waals surface area contributed by atoms with E-state index >= 15 is 0 Å². The Kier molecular flexibility index (Phi) is 4.12. The first-order valence-corrected chi connectivity index (χ1v) is 5.90. The number of rotatable bonds is 5. The summed E-state index contributed by atoms with van der Waals surface area (Å²) in [5.74, 6) is 1.54. The van der Waals surface area contributed by atoms with Crippen LogP contribution in [0.25, 0.3) is 0 Å². The van der Waals surface area contributed by atoms with Gasteiger partial charge in [-0.1, -0.05) is 6.07 Å². The van der Waals surface area contributed by atoms with Gasteiger partial charge in [0.05, 0.1) is 7.11 Å². The molecular weight excluding hydrogens is 246 g/mol. The lowest BCUT2D eigenvalue weighted by Crippen LogP contribution is -2.25. The van der Waals surface area contributed by atoms with Crippen LogP contribution in [0.3, 0.4) is 0 Å². The second-order valence-corrected chi connectivity index (χ2v) is 3.95. The third-order valence-corrected chi connectivity index (χ3v) is 2.52. The summed E-state index contributed by atoms with van der Waals surface area (Å²) in [5.41, 5.74) is 0.557. The van der Waals surface area contributed by atoms with Crippen molar-refractivity contribution in [1.82, 2.24) is 15.5 Å². The Morgan fingerprint density at radius 2 is 2.26 bits per heavy atom. The Labute approximate surface area is 110 Å². The zero-order valence-electron chi connectivity index (χ0n) is 10.8. The fourth-order valence-electron chi connectivity index (χ4n) is 1.59. The Morgan fingerprint density at radius 3 is 2.95 bits per heavy atom. The lowest BCUT2D eigenvalue weighted by atomic mass is 10.2. The molecule has 0 saturated carbocycles. The molecule has 2 aromatic rings. The van der Waals surface area contributed by atoms with Gasteiger partial charge in [-0.25, -0.2) is 0 Å². The normalized spacial score (nSPS) is 10.2. The number of methoxy groups -OCH3 is 1. The average molecular weight is 261 g/mol. The number of carbonyl (C=O) groups excluding carboxylic acids is 1. The maximum atomic E-state index is 11.9. The first-order valence-electron chi connectivity index (χ1n) is 5.90. The molecule has 1 aromatic heterocycles. The maximum absolute atomic E-state index is 11.9. The molecule has 1 amide bonds. The van der Waals surface area contributed by atoms with Crippen molar-refractivity contribution in [3.63, 3.8) is 0 Å². The predicted molar refractivity (Wildman–Crippen MR) is 68.1 cm³/mol. The number of aromatic nitrogens is 2. The van der Waals surface area contributed by atoms with Crippen LogP contribution in [-0.4, -0.2) is 29.8 Å². The first-order chi connectivity index (χ1) is 9.19. The fraction of sp³-hybridized carbons (Fsp3) is 0.308. The van der Waals surface area contributed by atoms with Gasteiger partial charge in [-0.3, -0.25) is 4.79 Å². The summed E-state index contributed by atoms with van der Waals surface area (Å²) in [6.07, 6.45) is 0.510. The third-order valence-electron chi connectivity index (χ3n) is 2.52. The van der Waals surface area contributed by atoms with Crippen molar-refractivity contribution in [2.24, 2.45) is 0 Å². The highest BCUT2D eigenvalue weighted by atomic mass is 16.5. The Hall–Kier alpha value is -2.37. The summed E-state index contributed by atoms with van der Waals surface area (Å²) in [6, 6.07) is 6.98. The van der Waals surface area contributed by atoms with Crippen molar-refractivity contribution in [2.45, 2.75) is 13.3 Å². The van der Waals surface area contributed by atoms with Crippen LogP contribution in [0.5, 0.6) is 5.75 Å². The topological polar surface area (TPSA) is 77.2 Å². The average Bonchev–Trinajstić information content (AvgIpc) is 2.84. The second-order valence-electron chi connectivity index (χ2n) is 3.95. The highest BCUT2D eigenvalue weighted by Crippen LogP contribution is 2.12. The van der Waals surface area contributed by atoms with Gasteiger partial charge in [-0.2, -0.15) is 0 Å². The predicted octanol–water partition coefficient (Wildman–Crippen LogP) is 1.36. The standard InChI is InChI=1S/C13H15N3O3/c1-9-15-16-12(19-9)6-7-14-13(17)10-4-3-5-11(8-10)18-2/h3-5,8H,6-7H2,1-2H3,(H,14,17). The molecule has 100 valence electrons. The SMILES string of the molecule is COc1cccc(C(=O)NCCc2nnc(C)o2)c1. The van der Waals surface area contributed by atoms with Crippen molar-refractivity contribution < 1.29 is 13.9 Å². The van der Waals surface area contributed by atoms with Crippen LogP contribution in [0.1, 0.15) is 22.1 Å². The van der Waals surface area contributed by atoms with Crippen LogP contribution >= 0.6 is 0 Å². The van der Waals surface area contributed by atoms with Gasteiger partial charge in [0.2, 0.25) is 11.8 Å². The van der Waals surface area contributed by atoms with Crippen LogP contribution in [-0.2, 0) is 6.42 Å². The van der Waals surface area contributed by atoms with E-state index in [0.717, 1.165) is 0 Å². The van der Waals surface area contributed by atoms with E-state index < -0.39 is 0 Å². The third kappa shape index (κ3) is 3.54. The molecule has 0 aliphatic carbocycles. The second kappa shape index (κ2) is 5.99. The molecule has 6 nitrogen and oxygen atoms in total. The molecule has 19 heavy (non-hydrogen) atoms. The Bertz CT molecular complexity index is 566. The molecule has 0 atom stereocenters. The smallest absolute Gasteiger partial charge is 0.251 e. The minimum absolute atomic E-state index is 0.157. The van der Waals surface area contributed by atoms with E-state index in [1.807, 2.05) is 0 Å². The minimum atomic E-state index is -0.157. The lowest BCUT2D eigenvalue weighted by molar-refractivity contribution is 0.0953. The number of amides is 1.